The Hall–Kier alpha value is -1.47. The van der Waals surface area contributed by atoms with Crippen LogP contribution in [0.4, 0.5) is 0 Å². The van der Waals surface area contributed by atoms with E-state index in [2.05, 4.69) is 54.5 Å². The van der Waals surface area contributed by atoms with Crippen LogP contribution >= 0.6 is 0 Å². The Bertz CT molecular complexity index is 947. The molecule has 4 nitrogen and oxygen atoms in total. The number of ketones is 2. The molecular weight excluding hydrogens is 458 g/mol. The monoisotopic (exact) mass is 513 g/mol. The maximum atomic E-state index is 13.2. The van der Waals surface area contributed by atoms with Crippen LogP contribution in [0.15, 0.2) is 11.6 Å². The minimum atomic E-state index is -0.733. The molecule has 4 heteroatoms. The number of allylic oxidation sites excluding steroid dienone is 2. The summed E-state index contributed by atoms with van der Waals surface area (Å²) in [5.74, 6) is 0.182. The van der Waals surface area contributed by atoms with Crippen molar-refractivity contribution >= 4 is 11.6 Å². The first-order valence-electron chi connectivity index (χ1n) is 14.6. The number of hydrogen-bond donors (Lipinski definition) is 1. The number of rotatable bonds is 11. The molecule has 0 spiro atoms. The fourth-order valence-corrected chi connectivity index (χ4v) is 8.11. The molecule has 1 saturated carbocycles. The Labute approximate surface area is 227 Å². The number of nitrogens with zero attached hydrogens (tertiary/aromatic N) is 1. The van der Waals surface area contributed by atoms with Crippen molar-refractivity contribution < 1.29 is 14.7 Å². The first-order chi connectivity index (χ1) is 16.7. The van der Waals surface area contributed by atoms with Gasteiger partial charge in [-0.2, -0.15) is 5.26 Å². The molecule has 37 heavy (non-hydrogen) atoms. The molecule has 2 aliphatic rings. The molecule has 0 aromatic carbocycles. The van der Waals surface area contributed by atoms with E-state index in [-0.39, 0.29) is 45.2 Å². The van der Waals surface area contributed by atoms with E-state index in [9.17, 15) is 20.0 Å². The number of nitriles is 1. The summed E-state index contributed by atoms with van der Waals surface area (Å²) in [7, 11) is 0. The van der Waals surface area contributed by atoms with Gasteiger partial charge in [0.25, 0.3) is 0 Å². The van der Waals surface area contributed by atoms with E-state index in [4.69, 9.17) is 0 Å². The molecule has 2 aliphatic carbocycles. The van der Waals surface area contributed by atoms with E-state index in [0.29, 0.717) is 12.8 Å². The highest BCUT2D eigenvalue weighted by atomic mass is 16.3. The predicted octanol–water partition coefficient (Wildman–Crippen LogP) is 8.23. The van der Waals surface area contributed by atoms with E-state index in [1.54, 1.807) is 6.92 Å². The molecule has 1 fully saturated rings. The molecule has 0 unspecified atom stereocenters. The van der Waals surface area contributed by atoms with Crippen molar-refractivity contribution in [2.45, 2.75) is 140 Å². The van der Waals surface area contributed by atoms with E-state index < -0.39 is 16.4 Å². The number of aliphatic hydroxyl groups is 1. The molecule has 0 amide bonds. The molecule has 0 heterocycles. The van der Waals surface area contributed by atoms with Crippen molar-refractivity contribution in [2.24, 2.45) is 38.9 Å². The lowest BCUT2D eigenvalue weighted by atomic mass is 9.39. The SMILES string of the molecule is CCCC(C)(C)CC[C@](C)(O)CCC(C)(C)[C@]1(C)CC[C@H]2C(C)(C)C(=O)C(C#N)=C[C@]2(C)[C@H]1CC(C)=O. The van der Waals surface area contributed by atoms with Crippen LogP contribution in [0.2, 0.25) is 0 Å². The number of hydrogen-bond acceptors (Lipinski definition) is 4. The lowest BCUT2D eigenvalue weighted by Crippen LogP contribution is -2.60. The van der Waals surface area contributed by atoms with Crippen LogP contribution in [-0.4, -0.2) is 22.3 Å². The highest BCUT2D eigenvalue weighted by Gasteiger charge is 2.63. The largest absolute Gasteiger partial charge is 0.390 e. The Morgan fingerprint density at radius 1 is 1.05 bits per heavy atom. The van der Waals surface area contributed by atoms with Gasteiger partial charge in [0.15, 0.2) is 5.78 Å². The molecule has 2 rings (SSSR count). The second-order valence-corrected chi connectivity index (χ2v) is 15.3. The van der Waals surface area contributed by atoms with Gasteiger partial charge in [0.2, 0.25) is 0 Å². The van der Waals surface area contributed by atoms with E-state index in [0.717, 1.165) is 44.9 Å². The second-order valence-electron chi connectivity index (χ2n) is 15.3. The predicted molar refractivity (Wildman–Crippen MR) is 152 cm³/mol. The molecule has 5 atom stereocenters. The van der Waals surface area contributed by atoms with Crippen molar-refractivity contribution in [1.29, 1.82) is 5.26 Å². The summed E-state index contributed by atoms with van der Waals surface area (Å²) in [5, 5.41) is 21.2. The fraction of sp³-hybridized carbons (Fsp3) is 0.848. The molecule has 210 valence electrons. The standard InChI is InChI=1S/C33H55NO3/c1-12-14-28(3,4)16-18-31(9,37)19-17-29(5,6)33(11)15-13-25-30(7,8)27(36)24(22-34)21-32(25,10)26(33)20-23(2)35/h21,25-26,37H,12-20H2,1-11H3/t25-,26+,31-,32-,33+/m0/s1. The Kier molecular flexibility index (Phi) is 9.09. The van der Waals surface area contributed by atoms with Gasteiger partial charge in [-0.25, -0.2) is 0 Å². The molecule has 0 bridgehead atoms. The average Bonchev–Trinajstić information content (AvgIpc) is 2.76. The summed E-state index contributed by atoms with van der Waals surface area (Å²) in [5.41, 5.74) is -1.64. The van der Waals surface area contributed by atoms with E-state index in [1.165, 1.54) is 0 Å². The molecule has 0 saturated heterocycles. The smallest absolute Gasteiger partial charge is 0.178 e. The third-order valence-corrected chi connectivity index (χ3v) is 11.1. The summed E-state index contributed by atoms with van der Waals surface area (Å²) in [6.07, 6.45) is 9.86. The molecule has 0 aliphatic heterocycles. The lowest BCUT2D eigenvalue weighted by molar-refractivity contribution is -0.156. The van der Waals surface area contributed by atoms with Crippen molar-refractivity contribution in [2.75, 3.05) is 0 Å². The van der Waals surface area contributed by atoms with Crippen molar-refractivity contribution in [3.63, 3.8) is 0 Å². The van der Waals surface area contributed by atoms with Gasteiger partial charge in [-0.15, -0.1) is 0 Å². The number of Topliss-reactive ketones (excluding diaryl/α,β-unsaturated/α-hetero) is 2. The maximum absolute atomic E-state index is 13.2. The first-order valence-corrected chi connectivity index (χ1v) is 14.6. The third kappa shape index (κ3) is 6.24. The summed E-state index contributed by atoms with van der Waals surface area (Å²) in [4.78, 5) is 25.8. The molecule has 0 aromatic heterocycles. The zero-order chi connectivity index (χ0) is 28.7. The molecule has 0 radical (unpaired) electrons. The second kappa shape index (κ2) is 10.6. The summed E-state index contributed by atoms with van der Waals surface area (Å²) < 4.78 is 0. The first kappa shape index (κ1) is 31.7. The number of carbonyl (C=O) groups excluding carboxylic acids is 2. The Balaban J connectivity index is 2.41. The minimum absolute atomic E-state index is 0.00964. The average molecular weight is 514 g/mol. The number of carbonyl (C=O) groups is 2. The van der Waals surface area contributed by atoms with Gasteiger partial charge >= 0.3 is 0 Å². The number of fused-ring (bicyclic) bond motifs is 1. The van der Waals surface area contributed by atoms with Crippen molar-refractivity contribution in [3.8, 4) is 6.07 Å². The van der Waals surface area contributed by atoms with Crippen LogP contribution in [0.25, 0.3) is 0 Å². The Morgan fingerprint density at radius 2 is 1.62 bits per heavy atom. The van der Waals surface area contributed by atoms with Gasteiger partial charge < -0.3 is 9.90 Å². The quantitative estimate of drug-likeness (QED) is 0.302. The van der Waals surface area contributed by atoms with Gasteiger partial charge in [0.05, 0.1) is 11.2 Å². The molecular formula is C33H55NO3. The zero-order valence-electron chi connectivity index (χ0n) is 25.8. The summed E-state index contributed by atoms with van der Waals surface area (Å²) in [6, 6.07) is 2.18. The van der Waals surface area contributed by atoms with Gasteiger partial charge in [-0.1, -0.05) is 74.8 Å². The van der Waals surface area contributed by atoms with E-state index in [1.807, 2.05) is 26.8 Å². The van der Waals surface area contributed by atoms with Gasteiger partial charge in [-0.05, 0) is 92.3 Å². The van der Waals surface area contributed by atoms with Gasteiger partial charge in [0, 0.05) is 11.8 Å². The fourth-order valence-electron chi connectivity index (χ4n) is 8.11. The molecule has 0 aromatic rings. The third-order valence-electron chi connectivity index (χ3n) is 11.1. The van der Waals surface area contributed by atoms with Crippen LogP contribution in [0, 0.1) is 50.2 Å². The maximum Gasteiger partial charge on any atom is 0.178 e. The minimum Gasteiger partial charge on any atom is -0.390 e. The molecule has 1 N–H and O–H groups in total. The van der Waals surface area contributed by atoms with E-state index >= 15 is 0 Å². The lowest BCUT2D eigenvalue weighted by Gasteiger charge is -2.64. The highest BCUT2D eigenvalue weighted by Crippen LogP contribution is 2.68. The van der Waals surface area contributed by atoms with Gasteiger partial charge in [-0.3, -0.25) is 4.79 Å². The summed E-state index contributed by atoms with van der Waals surface area (Å²) >= 11 is 0. The van der Waals surface area contributed by atoms with Crippen LogP contribution < -0.4 is 0 Å². The van der Waals surface area contributed by atoms with Crippen LogP contribution in [-0.2, 0) is 9.59 Å². The zero-order valence-corrected chi connectivity index (χ0v) is 25.8. The van der Waals surface area contributed by atoms with Crippen LogP contribution in [0.1, 0.15) is 134 Å². The van der Waals surface area contributed by atoms with Gasteiger partial charge in [0.1, 0.15) is 11.9 Å². The Morgan fingerprint density at radius 3 is 2.14 bits per heavy atom. The van der Waals surface area contributed by atoms with Crippen molar-refractivity contribution in [1.82, 2.24) is 0 Å². The normalized spacial score (nSPS) is 31.6. The highest BCUT2D eigenvalue weighted by molar-refractivity contribution is 6.04. The van der Waals surface area contributed by atoms with Crippen LogP contribution in [0.3, 0.4) is 0 Å². The van der Waals surface area contributed by atoms with Crippen LogP contribution in [0.5, 0.6) is 0 Å². The topological polar surface area (TPSA) is 78.2 Å². The summed E-state index contributed by atoms with van der Waals surface area (Å²) in [6.45, 7) is 23.5. The van der Waals surface area contributed by atoms with Crippen molar-refractivity contribution in [3.05, 3.63) is 11.6 Å².